The average Bonchev–Trinajstić information content (AvgIpc) is 2.83. The Bertz CT molecular complexity index is 716. The van der Waals surface area contributed by atoms with Gasteiger partial charge in [-0.1, -0.05) is 12.1 Å². The van der Waals surface area contributed by atoms with Crippen molar-refractivity contribution in [3.63, 3.8) is 0 Å². The fourth-order valence-electron chi connectivity index (χ4n) is 2.21. The minimum Gasteiger partial charge on any atom is -0.494 e. The van der Waals surface area contributed by atoms with Crippen molar-refractivity contribution in [1.29, 1.82) is 0 Å². The van der Waals surface area contributed by atoms with Crippen LogP contribution in [0.1, 0.15) is 18.3 Å². The third-order valence-corrected chi connectivity index (χ3v) is 3.16. The maximum atomic E-state index is 5.69. The lowest BCUT2D eigenvalue weighted by Crippen LogP contribution is -1.91. The lowest BCUT2D eigenvalue weighted by Gasteiger charge is -2.00. The predicted octanol–water partition coefficient (Wildman–Crippen LogP) is 3.13. The molecule has 0 aliphatic heterocycles. The zero-order chi connectivity index (χ0) is 13.9. The van der Waals surface area contributed by atoms with Gasteiger partial charge >= 0.3 is 0 Å². The first-order chi connectivity index (χ1) is 9.74. The van der Waals surface area contributed by atoms with Gasteiger partial charge in [0.2, 0.25) is 0 Å². The van der Waals surface area contributed by atoms with Crippen LogP contribution in [0.25, 0.3) is 11.0 Å². The lowest BCUT2D eigenvalue weighted by molar-refractivity contribution is 0.340. The molecular weight excluding hydrogens is 250 g/mol. The van der Waals surface area contributed by atoms with Crippen LogP contribution in [-0.4, -0.2) is 16.6 Å². The number of rotatable bonds is 4. The molecule has 3 N–H and O–H groups in total. The van der Waals surface area contributed by atoms with Gasteiger partial charge in [0.25, 0.3) is 0 Å². The van der Waals surface area contributed by atoms with E-state index in [0.717, 1.165) is 34.7 Å². The highest BCUT2D eigenvalue weighted by molar-refractivity contribution is 5.76. The largest absolute Gasteiger partial charge is 0.494 e. The van der Waals surface area contributed by atoms with E-state index >= 15 is 0 Å². The number of hydrogen-bond donors (Lipinski definition) is 2. The lowest BCUT2D eigenvalue weighted by atomic mass is 10.1. The molecule has 2 aromatic carbocycles. The molecule has 0 saturated carbocycles. The highest BCUT2D eigenvalue weighted by Crippen LogP contribution is 2.20. The second-order valence-electron chi connectivity index (χ2n) is 4.71. The summed E-state index contributed by atoms with van der Waals surface area (Å²) in [5, 5.41) is 0. The normalized spacial score (nSPS) is 10.8. The maximum absolute atomic E-state index is 5.69. The highest BCUT2D eigenvalue weighted by atomic mass is 16.5. The summed E-state index contributed by atoms with van der Waals surface area (Å²) in [6.07, 6.45) is 0.763. The molecule has 0 aliphatic rings. The Balaban J connectivity index is 1.86. The smallest absolute Gasteiger partial charge is 0.121 e. The quantitative estimate of drug-likeness (QED) is 0.714. The SMILES string of the molecule is CCOc1ccc2nc(Cc3ccc(N)cc3)[nH]c2c1. The monoisotopic (exact) mass is 267 g/mol. The molecule has 4 nitrogen and oxygen atoms in total. The number of H-pyrrole nitrogens is 1. The average molecular weight is 267 g/mol. The van der Waals surface area contributed by atoms with E-state index in [1.54, 1.807) is 0 Å². The van der Waals surface area contributed by atoms with Crippen molar-refractivity contribution in [2.24, 2.45) is 0 Å². The molecule has 102 valence electrons. The summed E-state index contributed by atoms with van der Waals surface area (Å²) in [6.45, 7) is 2.64. The molecule has 1 aromatic heterocycles. The van der Waals surface area contributed by atoms with Gasteiger partial charge in [-0.25, -0.2) is 4.98 Å². The molecule has 1 heterocycles. The third-order valence-electron chi connectivity index (χ3n) is 3.16. The Kier molecular flexibility index (Phi) is 3.29. The summed E-state index contributed by atoms with van der Waals surface area (Å²) in [7, 11) is 0. The molecule has 4 heteroatoms. The number of nitrogens with one attached hydrogen (secondary N) is 1. The molecule has 0 fully saturated rings. The number of anilines is 1. The number of aromatic nitrogens is 2. The van der Waals surface area contributed by atoms with Crippen LogP contribution in [0, 0.1) is 0 Å². The summed E-state index contributed by atoms with van der Waals surface area (Å²) in [4.78, 5) is 7.92. The Morgan fingerprint density at radius 3 is 2.70 bits per heavy atom. The summed E-state index contributed by atoms with van der Waals surface area (Å²) in [5.74, 6) is 1.81. The van der Waals surface area contributed by atoms with Crippen LogP contribution in [0.2, 0.25) is 0 Å². The van der Waals surface area contributed by atoms with Crippen molar-refractivity contribution >= 4 is 16.7 Å². The first kappa shape index (κ1) is 12.5. The van der Waals surface area contributed by atoms with Crippen LogP contribution < -0.4 is 10.5 Å². The van der Waals surface area contributed by atoms with Gasteiger partial charge in [-0.2, -0.15) is 0 Å². The molecule has 3 rings (SSSR count). The van der Waals surface area contributed by atoms with Crippen LogP contribution in [-0.2, 0) is 6.42 Å². The number of hydrogen-bond acceptors (Lipinski definition) is 3. The number of fused-ring (bicyclic) bond motifs is 1. The minimum absolute atomic E-state index is 0.665. The van der Waals surface area contributed by atoms with Crippen LogP contribution >= 0.6 is 0 Å². The summed E-state index contributed by atoms with van der Waals surface area (Å²) >= 11 is 0. The van der Waals surface area contributed by atoms with E-state index in [-0.39, 0.29) is 0 Å². The molecule has 20 heavy (non-hydrogen) atoms. The van der Waals surface area contributed by atoms with Gasteiger partial charge in [-0.3, -0.25) is 0 Å². The zero-order valence-corrected chi connectivity index (χ0v) is 11.4. The molecular formula is C16H17N3O. The number of aromatic amines is 1. The minimum atomic E-state index is 0.665. The molecule has 0 amide bonds. The Hall–Kier alpha value is -2.49. The van der Waals surface area contributed by atoms with Crippen LogP contribution in [0.3, 0.4) is 0 Å². The molecule has 0 saturated heterocycles. The van der Waals surface area contributed by atoms with Crippen molar-refractivity contribution in [2.75, 3.05) is 12.3 Å². The number of ether oxygens (including phenoxy) is 1. The van der Waals surface area contributed by atoms with Gasteiger partial charge < -0.3 is 15.5 Å². The molecule has 0 unspecified atom stereocenters. The van der Waals surface area contributed by atoms with E-state index in [9.17, 15) is 0 Å². The van der Waals surface area contributed by atoms with E-state index in [2.05, 4.69) is 9.97 Å². The second-order valence-corrected chi connectivity index (χ2v) is 4.71. The number of benzene rings is 2. The first-order valence-electron chi connectivity index (χ1n) is 6.70. The van der Waals surface area contributed by atoms with E-state index in [0.29, 0.717) is 6.61 Å². The van der Waals surface area contributed by atoms with E-state index < -0.39 is 0 Å². The van der Waals surface area contributed by atoms with Crippen molar-refractivity contribution in [3.8, 4) is 5.75 Å². The fourth-order valence-corrected chi connectivity index (χ4v) is 2.21. The Morgan fingerprint density at radius 1 is 1.15 bits per heavy atom. The van der Waals surface area contributed by atoms with Crippen molar-refractivity contribution in [2.45, 2.75) is 13.3 Å². The van der Waals surface area contributed by atoms with Crippen LogP contribution in [0.5, 0.6) is 5.75 Å². The fraction of sp³-hybridized carbons (Fsp3) is 0.188. The third kappa shape index (κ3) is 2.59. The van der Waals surface area contributed by atoms with Gasteiger partial charge in [0.1, 0.15) is 11.6 Å². The Morgan fingerprint density at radius 2 is 1.95 bits per heavy atom. The summed E-state index contributed by atoms with van der Waals surface area (Å²) in [6, 6.07) is 13.8. The van der Waals surface area contributed by atoms with Crippen molar-refractivity contribution in [3.05, 3.63) is 53.9 Å². The molecule has 0 aliphatic carbocycles. The van der Waals surface area contributed by atoms with E-state index in [1.807, 2.05) is 49.4 Å². The second kappa shape index (κ2) is 5.25. The number of nitrogen functional groups attached to an aromatic ring is 1. The maximum Gasteiger partial charge on any atom is 0.121 e. The van der Waals surface area contributed by atoms with Crippen LogP contribution in [0.4, 0.5) is 5.69 Å². The van der Waals surface area contributed by atoms with Gasteiger partial charge in [-0.15, -0.1) is 0 Å². The Labute approximate surface area is 117 Å². The zero-order valence-electron chi connectivity index (χ0n) is 11.4. The molecule has 0 bridgehead atoms. The number of imidazole rings is 1. The molecule has 3 aromatic rings. The van der Waals surface area contributed by atoms with Gasteiger partial charge in [0, 0.05) is 18.2 Å². The van der Waals surface area contributed by atoms with Gasteiger partial charge in [-0.05, 0) is 36.8 Å². The number of nitrogens with zero attached hydrogens (tertiary/aromatic N) is 1. The number of nitrogens with two attached hydrogens (primary N) is 1. The van der Waals surface area contributed by atoms with Gasteiger partial charge in [0.05, 0.1) is 17.6 Å². The molecule has 0 atom stereocenters. The summed E-state index contributed by atoms with van der Waals surface area (Å²) in [5.41, 5.74) is 9.61. The molecule has 0 radical (unpaired) electrons. The van der Waals surface area contributed by atoms with Crippen molar-refractivity contribution < 1.29 is 4.74 Å². The topological polar surface area (TPSA) is 63.9 Å². The highest BCUT2D eigenvalue weighted by Gasteiger charge is 2.05. The molecule has 0 spiro atoms. The first-order valence-corrected chi connectivity index (χ1v) is 6.70. The van der Waals surface area contributed by atoms with Gasteiger partial charge in [0.15, 0.2) is 0 Å². The van der Waals surface area contributed by atoms with Crippen LogP contribution in [0.15, 0.2) is 42.5 Å². The van der Waals surface area contributed by atoms with Crippen molar-refractivity contribution in [1.82, 2.24) is 9.97 Å². The predicted molar refractivity (Wildman–Crippen MR) is 80.9 cm³/mol. The summed E-state index contributed by atoms with van der Waals surface area (Å²) < 4.78 is 5.49. The standard InChI is InChI=1S/C16H17N3O/c1-2-20-13-7-8-14-15(10-13)19-16(18-14)9-11-3-5-12(17)6-4-11/h3-8,10H,2,9,17H2,1H3,(H,18,19). The van der Waals surface area contributed by atoms with E-state index in [4.69, 9.17) is 10.5 Å². The van der Waals surface area contributed by atoms with E-state index in [1.165, 1.54) is 5.56 Å².